The molecule has 2 heteroatoms. The van der Waals surface area contributed by atoms with Crippen molar-refractivity contribution in [2.24, 2.45) is 17.1 Å². The minimum Gasteiger partial charge on any atom is -0.327 e. The minimum atomic E-state index is 0.477. The van der Waals surface area contributed by atoms with Crippen molar-refractivity contribution in [2.45, 2.75) is 52.0 Å². The second kappa shape index (κ2) is 5.41. The Morgan fingerprint density at radius 3 is 2.79 bits per heavy atom. The summed E-state index contributed by atoms with van der Waals surface area (Å²) in [6.45, 7) is 4.78. The minimum absolute atomic E-state index is 0.477. The predicted octanol–water partition coefficient (Wildman–Crippen LogP) is 3.28. The van der Waals surface area contributed by atoms with E-state index in [0.29, 0.717) is 11.5 Å². The van der Waals surface area contributed by atoms with Crippen LogP contribution in [0.1, 0.15) is 46.0 Å². The third-order valence-corrected chi connectivity index (χ3v) is 4.20. The number of nitrogens with two attached hydrogens (primary N) is 1. The summed E-state index contributed by atoms with van der Waals surface area (Å²) >= 11 is 1.95. The van der Waals surface area contributed by atoms with Gasteiger partial charge in [0, 0.05) is 6.04 Å². The molecule has 0 spiro atoms. The van der Waals surface area contributed by atoms with Crippen molar-refractivity contribution in [3.8, 4) is 0 Å². The molecule has 0 saturated heterocycles. The normalized spacial score (nSPS) is 31.7. The second-order valence-electron chi connectivity index (χ2n) is 5.47. The number of thioether (sulfide) groups is 1. The summed E-state index contributed by atoms with van der Waals surface area (Å²) in [5, 5.41) is 0. The van der Waals surface area contributed by atoms with Crippen LogP contribution in [0.4, 0.5) is 0 Å². The first-order valence-electron chi connectivity index (χ1n) is 5.80. The maximum absolute atomic E-state index is 6.18. The van der Waals surface area contributed by atoms with Gasteiger partial charge in [-0.05, 0) is 55.4 Å². The monoisotopic (exact) mass is 215 g/mol. The maximum Gasteiger partial charge on any atom is 0.00675 e. The fraction of sp³-hybridized carbons (Fsp3) is 1.00. The Hall–Kier alpha value is 0.310. The van der Waals surface area contributed by atoms with Crippen LogP contribution in [0.5, 0.6) is 0 Å². The molecule has 0 radical (unpaired) electrons. The fourth-order valence-electron chi connectivity index (χ4n) is 2.56. The standard InChI is InChI=1S/C12H25NS/c1-12(2)7-6-11(13)10(9-12)5-4-8-14-3/h10-11H,4-9,13H2,1-3H3. The average Bonchev–Trinajstić information content (AvgIpc) is 2.11. The van der Waals surface area contributed by atoms with Crippen molar-refractivity contribution in [3.63, 3.8) is 0 Å². The number of rotatable bonds is 4. The Labute approximate surface area is 93.2 Å². The van der Waals surface area contributed by atoms with Gasteiger partial charge in [-0.2, -0.15) is 11.8 Å². The molecule has 14 heavy (non-hydrogen) atoms. The van der Waals surface area contributed by atoms with E-state index in [0.717, 1.165) is 5.92 Å². The molecule has 1 saturated carbocycles. The maximum atomic E-state index is 6.18. The van der Waals surface area contributed by atoms with Gasteiger partial charge in [-0.25, -0.2) is 0 Å². The second-order valence-corrected chi connectivity index (χ2v) is 6.45. The van der Waals surface area contributed by atoms with Crippen molar-refractivity contribution < 1.29 is 0 Å². The topological polar surface area (TPSA) is 26.0 Å². The Kier molecular flexibility index (Phi) is 4.78. The van der Waals surface area contributed by atoms with Gasteiger partial charge in [-0.3, -0.25) is 0 Å². The Balaban J connectivity index is 2.33. The van der Waals surface area contributed by atoms with Gasteiger partial charge in [0.25, 0.3) is 0 Å². The van der Waals surface area contributed by atoms with Crippen LogP contribution in [-0.4, -0.2) is 18.1 Å². The van der Waals surface area contributed by atoms with Crippen LogP contribution in [0, 0.1) is 11.3 Å². The summed E-state index contributed by atoms with van der Waals surface area (Å²) < 4.78 is 0. The SMILES string of the molecule is CSCCCC1CC(C)(C)CCC1N. The molecule has 2 atom stereocenters. The molecule has 0 bridgehead atoms. The zero-order valence-corrected chi connectivity index (χ0v) is 10.7. The van der Waals surface area contributed by atoms with Crippen molar-refractivity contribution in [1.82, 2.24) is 0 Å². The van der Waals surface area contributed by atoms with Crippen LogP contribution >= 0.6 is 11.8 Å². The van der Waals surface area contributed by atoms with Gasteiger partial charge in [-0.1, -0.05) is 13.8 Å². The van der Waals surface area contributed by atoms with E-state index in [4.69, 9.17) is 5.73 Å². The van der Waals surface area contributed by atoms with Gasteiger partial charge < -0.3 is 5.73 Å². The molecular weight excluding hydrogens is 190 g/mol. The van der Waals surface area contributed by atoms with E-state index in [2.05, 4.69) is 20.1 Å². The first-order chi connectivity index (χ1) is 6.55. The fourth-order valence-corrected chi connectivity index (χ4v) is 3.02. The molecule has 0 aromatic rings. The van der Waals surface area contributed by atoms with E-state index >= 15 is 0 Å². The highest BCUT2D eigenvalue weighted by Gasteiger charge is 2.32. The van der Waals surface area contributed by atoms with E-state index in [1.54, 1.807) is 0 Å². The van der Waals surface area contributed by atoms with Crippen LogP contribution < -0.4 is 5.73 Å². The van der Waals surface area contributed by atoms with Crippen molar-refractivity contribution in [3.05, 3.63) is 0 Å². The lowest BCUT2D eigenvalue weighted by molar-refractivity contribution is 0.150. The quantitative estimate of drug-likeness (QED) is 0.728. The van der Waals surface area contributed by atoms with E-state index in [1.165, 1.54) is 37.9 Å². The van der Waals surface area contributed by atoms with Gasteiger partial charge in [0.05, 0.1) is 0 Å². The van der Waals surface area contributed by atoms with Gasteiger partial charge in [0.2, 0.25) is 0 Å². The Bertz CT molecular complexity index is 168. The molecule has 1 rings (SSSR count). The lowest BCUT2D eigenvalue weighted by Crippen LogP contribution is -2.39. The third kappa shape index (κ3) is 3.82. The van der Waals surface area contributed by atoms with E-state index in [1.807, 2.05) is 11.8 Å². The lowest BCUT2D eigenvalue weighted by Gasteiger charge is -2.39. The summed E-state index contributed by atoms with van der Waals surface area (Å²) in [6.07, 6.45) is 8.75. The summed E-state index contributed by atoms with van der Waals surface area (Å²) in [4.78, 5) is 0. The molecule has 0 heterocycles. The lowest BCUT2D eigenvalue weighted by atomic mass is 9.69. The highest BCUT2D eigenvalue weighted by atomic mass is 32.2. The van der Waals surface area contributed by atoms with Crippen molar-refractivity contribution in [2.75, 3.05) is 12.0 Å². The van der Waals surface area contributed by atoms with Crippen LogP contribution in [0.2, 0.25) is 0 Å². The first-order valence-corrected chi connectivity index (χ1v) is 7.19. The molecule has 0 aliphatic heterocycles. The summed E-state index contributed by atoms with van der Waals surface area (Å²) in [6, 6.07) is 0.477. The molecule has 1 aliphatic rings. The van der Waals surface area contributed by atoms with Gasteiger partial charge >= 0.3 is 0 Å². The molecule has 0 aromatic carbocycles. The summed E-state index contributed by atoms with van der Waals surface area (Å²) in [5.41, 5.74) is 6.72. The van der Waals surface area contributed by atoms with Gasteiger partial charge in [-0.15, -0.1) is 0 Å². The predicted molar refractivity (Wildman–Crippen MR) is 66.7 cm³/mol. The van der Waals surface area contributed by atoms with Crippen molar-refractivity contribution >= 4 is 11.8 Å². The zero-order chi connectivity index (χ0) is 10.6. The molecule has 0 amide bonds. The highest BCUT2D eigenvalue weighted by Crippen LogP contribution is 2.39. The highest BCUT2D eigenvalue weighted by molar-refractivity contribution is 7.98. The largest absolute Gasteiger partial charge is 0.327 e. The number of hydrogen-bond acceptors (Lipinski definition) is 2. The smallest absolute Gasteiger partial charge is 0.00675 e. The molecule has 1 fully saturated rings. The Morgan fingerprint density at radius 1 is 1.43 bits per heavy atom. The molecule has 2 N–H and O–H groups in total. The first kappa shape index (κ1) is 12.4. The van der Waals surface area contributed by atoms with Gasteiger partial charge in [0.1, 0.15) is 0 Å². The molecule has 84 valence electrons. The number of hydrogen-bond donors (Lipinski definition) is 1. The Morgan fingerprint density at radius 2 is 2.14 bits per heavy atom. The van der Waals surface area contributed by atoms with Gasteiger partial charge in [0.15, 0.2) is 0 Å². The summed E-state index contributed by atoms with van der Waals surface area (Å²) in [5.74, 6) is 2.08. The molecular formula is C12H25NS. The zero-order valence-electron chi connectivity index (χ0n) is 9.88. The van der Waals surface area contributed by atoms with Crippen LogP contribution in [0.15, 0.2) is 0 Å². The molecule has 2 unspecified atom stereocenters. The van der Waals surface area contributed by atoms with Crippen LogP contribution in [-0.2, 0) is 0 Å². The summed E-state index contributed by atoms with van der Waals surface area (Å²) in [7, 11) is 0. The van der Waals surface area contributed by atoms with E-state index < -0.39 is 0 Å². The van der Waals surface area contributed by atoms with Crippen LogP contribution in [0.25, 0.3) is 0 Å². The molecule has 1 aliphatic carbocycles. The van der Waals surface area contributed by atoms with E-state index in [9.17, 15) is 0 Å². The average molecular weight is 215 g/mol. The molecule has 1 nitrogen and oxygen atoms in total. The molecule has 0 aromatic heterocycles. The third-order valence-electron chi connectivity index (χ3n) is 3.50. The van der Waals surface area contributed by atoms with E-state index in [-0.39, 0.29) is 0 Å². The van der Waals surface area contributed by atoms with Crippen LogP contribution in [0.3, 0.4) is 0 Å². The van der Waals surface area contributed by atoms with Crippen molar-refractivity contribution in [1.29, 1.82) is 0 Å².